The predicted molar refractivity (Wildman–Crippen MR) is 49.8 cm³/mol. The van der Waals surface area contributed by atoms with Crippen LogP contribution >= 0.6 is 0 Å². The third kappa shape index (κ3) is 1.26. The molecule has 4 nitrogen and oxygen atoms in total. The summed E-state index contributed by atoms with van der Waals surface area (Å²) in [5, 5.41) is 7.23. The quantitative estimate of drug-likeness (QED) is 0.508. The molecule has 1 aromatic heterocycles. The van der Waals surface area contributed by atoms with Crippen LogP contribution in [-0.4, -0.2) is 10.8 Å². The van der Waals surface area contributed by atoms with Crippen LogP contribution in [0.2, 0.25) is 0 Å². The summed E-state index contributed by atoms with van der Waals surface area (Å²) in [5.41, 5.74) is 7.45. The number of amidine groups is 1. The van der Waals surface area contributed by atoms with Crippen LogP contribution in [0.1, 0.15) is 11.5 Å². The van der Waals surface area contributed by atoms with Gasteiger partial charge in [-0.3, -0.25) is 5.41 Å². The van der Waals surface area contributed by atoms with Gasteiger partial charge in [0.1, 0.15) is 11.4 Å². The summed E-state index contributed by atoms with van der Waals surface area (Å²) in [5.74, 6) is 0.659. The first-order valence-corrected chi connectivity index (χ1v) is 3.88. The summed E-state index contributed by atoms with van der Waals surface area (Å²) < 4.78 is 5.30. The first-order valence-electron chi connectivity index (χ1n) is 3.88. The minimum Gasteiger partial charge on any atom is -0.441 e. The molecule has 0 aliphatic heterocycles. The van der Waals surface area contributed by atoms with Crippen molar-refractivity contribution in [3.63, 3.8) is 0 Å². The van der Waals surface area contributed by atoms with Crippen LogP contribution in [0.3, 0.4) is 0 Å². The molecule has 4 heteroatoms. The zero-order valence-corrected chi connectivity index (χ0v) is 7.16. The SMILES string of the molecule is Cc1nc2ccc(C(=N)N)cc2o1. The summed E-state index contributed by atoms with van der Waals surface area (Å²) in [6.45, 7) is 1.79. The molecule has 0 amide bonds. The molecule has 0 radical (unpaired) electrons. The lowest BCUT2D eigenvalue weighted by molar-refractivity contribution is 0.561. The normalized spacial score (nSPS) is 10.5. The van der Waals surface area contributed by atoms with E-state index in [4.69, 9.17) is 15.6 Å². The standard InChI is InChI=1S/C9H9N3O/c1-5-12-7-3-2-6(9(10)11)4-8(7)13-5/h2-4H,1H3,(H3,10,11). The van der Waals surface area contributed by atoms with Gasteiger partial charge in [-0.2, -0.15) is 0 Å². The Morgan fingerprint density at radius 1 is 1.54 bits per heavy atom. The average molecular weight is 175 g/mol. The molecule has 1 heterocycles. The first kappa shape index (κ1) is 7.79. The van der Waals surface area contributed by atoms with Gasteiger partial charge in [0.2, 0.25) is 0 Å². The third-order valence-electron chi connectivity index (χ3n) is 1.81. The maximum absolute atomic E-state index is 7.23. The molecule has 0 aliphatic rings. The van der Waals surface area contributed by atoms with Crippen LogP contribution in [-0.2, 0) is 0 Å². The van der Waals surface area contributed by atoms with Gasteiger partial charge in [0, 0.05) is 12.5 Å². The van der Waals surface area contributed by atoms with Crippen LogP contribution in [0.4, 0.5) is 0 Å². The molecular formula is C9H9N3O. The highest BCUT2D eigenvalue weighted by atomic mass is 16.3. The van der Waals surface area contributed by atoms with E-state index in [0.717, 1.165) is 5.52 Å². The van der Waals surface area contributed by atoms with Crippen LogP contribution in [0, 0.1) is 12.3 Å². The van der Waals surface area contributed by atoms with Crippen LogP contribution in [0.5, 0.6) is 0 Å². The molecule has 0 bridgehead atoms. The van der Waals surface area contributed by atoms with E-state index in [-0.39, 0.29) is 5.84 Å². The molecule has 0 aliphatic carbocycles. The van der Waals surface area contributed by atoms with Gasteiger partial charge in [0.25, 0.3) is 0 Å². The summed E-state index contributed by atoms with van der Waals surface area (Å²) >= 11 is 0. The van der Waals surface area contributed by atoms with E-state index < -0.39 is 0 Å². The fourth-order valence-electron chi connectivity index (χ4n) is 1.21. The van der Waals surface area contributed by atoms with E-state index in [9.17, 15) is 0 Å². The Morgan fingerprint density at radius 2 is 2.31 bits per heavy atom. The number of hydrogen-bond donors (Lipinski definition) is 2. The topological polar surface area (TPSA) is 75.9 Å². The maximum atomic E-state index is 7.23. The van der Waals surface area contributed by atoms with Crippen molar-refractivity contribution in [1.29, 1.82) is 5.41 Å². The van der Waals surface area contributed by atoms with Crippen molar-refractivity contribution in [2.75, 3.05) is 0 Å². The van der Waals surface area contributed by atoms with Crippen molar-refractivity contribution in [2.45, 2.75) is 6.92 Å². The van der Waals surface area contributed by atoms with Crippen LogP contribution < -0.4 is 5.73 Å². The molecule has 0 atom stereocenters. The minimum absolute atomic E-state index is 0.0379. The number of nitrogens with one attached hydrogen (secondary N) is 1. The smallest absolute Gasteiger partial charge is 0.192 e. The second-order valence-electron chi connectivity index (χ2n) is 2.83. The average Bonchev–Trinajstić information content (AvgIpc) is 2.42. The first-order chi connectivity index (χ1) is 6.16. The molecule has 0 spiro atoms. The number of aromatic nitrogens is 1. The van der Waals surface area contributed by atoms with Gasteiger partial charge in [-0.25, -0.2) is 4.98 Å². The Morgan fingerprint density at radius 3 is 3.00 bits per heavy atom. The molecule has 0 saturated carbocycles. The van der Waals surface area contributed by atoms with Crippen LogP contribution in [0.15, 0.2) is 22.6 Å². The lowest BCUT2D eigenvalue weighted by Crippen LogP contribution is -2.10. The predicted octanol–water partition coefficient (Wildman–Crippen LogP) is 1.42. The zero-order chi connectivity index (χ0) is 9.42. The van der Waals surface area contributed by atoms with Gasteiger partial charge in [-0.1, -0.05) is 0 Å². The monoisotopic (exact) mass is 175 g/mol. The van der Waals surface area contributed by atoms with Crippen molar-refractivity contribution in [1.82, 2.24) is 4.98 Å². The van der Waals surface area contributed by atoms with Gasteiger partial charge in [-0.05, 0) is 18.2 Å². The van der Waals surface area contributed by atoms with Gasteiger partial charge >= 0.3 is 0 Å². The second kappa shape index (κ2) is 2.58. The molecule has 66 valence electrons. The number of nitrogens with two attached hydrogens (primary N) is 1. The number of hydrogen-bond acceptors (Lipinski definition) is 3. The highest BCUT2D eigenvalue weighted by Gasteiger charge is 2.03. The highest BCUT2D eigenvalue weighted by molar-refractivity contribution is 5.97. The number of nitrogens with zero attached hydrogens (tertiary/aromatic N) is 1. The van der Waals surface area contributed by atoms with E-state index in [1.54, 1.807) is 25.1 Å². The summed E-state index contributed by atoms with van der Waals surface area (Å²) in [6.07, 6.45) is 0. The van der Waals surface area contributed by atoms with Gasteiger partial charge in [0.05, 0.1) is 0 Å². The third-order valence-corrected chi connectivity index (χ3v) is 1.81. The highest BCUT2D eigenvalue weighted by Crippen LogP contribution is 2.16. The molecule has 2 aromatic rings. The van der Waals surface area contributed by atoms with E-state index in [2.05, 4.69) is 4.98 Å². The summed E-state index contributed by atoms with van der Waals surface area (Å²) in [7, 11) is 0. The molecule has 13 heavy (non-hydrogen) atoms. The maximum Gasteiger partial charge on any atom is 0.192 e. The number of rotatable bonds is 1. The molecule has 0 saturated heterocycles. The largest absolute Gasteiger partial charge is 0.441 e. The van der Waals surface area contributed by atoms with Gasteiger partial charge < -0.3 is 10.2 Å². The van der Waals surface area contributed by atoms with Crippen molar-refractivity contribution in [3.8, 4) is 0 Å². The van der Waals surface area contributed by atoms with Crippen molar-refractivity contribution < 1.29 is 4.42 Å². The number of fused-ring (bicyclic) bond motifs is 1. The number of aryl methyl sites for hydroxylation is 1. The van der Waals surface area contributed by atoms with Crippen LogP contribution in [0.25, 0.3) is 11.1 Å². The molecule has 2 rings (SSSR count). The van der Waals surface area contributed by atoms with Gasteiger partial charge in [-0.15, -0.1) is 0 Å². The molecule has 0 unspecified atom stereocenters. The number of nitrogen functional groups attached to an aromatic ring is 1. The Balaban J connectivity index is 2.67. The fraction of sp³-hybridized carbons (Fsp3) is 0.111. The van der Waals surface area contributed by atoms with Crippen molar-refractivity contribution in [2.24, 2.45) is 5.73 Å². The van der Waals surface area contributed by atoms with E-state index in [1.165, 1.54) is 0 Å². The van der Waals surface area contributed by atoms with Crippen molar-refractivity contribution in [3.05, 3.63) is 29.7 Å². The second-order valence-corrected chi connectivity index (χ2v) is 2.83. The Labute approximate surface area is 74.9 Å². The molecule has 0 fully saturated rings. The summed E-state index contributed by atoms with van der Waals surface area (Å²) in [6, 6.07) is 5.27. The Bertz CT molecular complexity index is 473. The molecule has 1 aromatic carbocycles. The van der Waals surface area contributed by atoms with E-state index >= 15 is 0 Å². The summed E-state index contributed by atoms with van der Waals surface area (Å²) in [4.78, 5) is 4.14. The lowest BCUT2D eigenvalue weighted by atomic mass is 10.2. The number of oxazole rings is 1. The van der Waals surface area contributed by atoms with E-state index in [1.807, 2.05) is 0 Å². The fourth-order valence-corrected chi connectivity index (χ4v) is 1.21. The minimum atomic E-state index is 0.0379. The van der Waals surface area contributed by atoms with E-state index in [0.29, 0.717) is 17.0 Å². The number of benzene rings is 1. The molecular weight excluding hydrogens is 166 g/mol. The Hall–Kier alpha value is -1.84. The molecule has 3 N–H and O–H groups in total. The lowest BCUT2D eigenvalue weighted by Gasteiger charge is -1.95. The zero-order valence-electron chi connectivity index (χ0n) is 7.16. The Kier molecular flexibility index (Phi) is 1.55. The van der Waals surface area contributed by atoms with Gasteiger partial charge in [0.15, 0.2) is 11.5 Å². The van der Waals surface area contributed by atoms with Crippen molar-refractivity contribution >= 4 is 16.9 Å².